The van der Waals surface area contributed by atoms with Crippen molar-refractivity contribution in [3.05, 3.63) is 18.2 Å². The molecule has 0 amide bonds. The van der Waals surface area contributed by atoms with E-state index in [1.165, 1.54) is 42.8 Å². The molecular weight excluding hydrogens is 242 g/mol. The van der Waals surface area contributed by atoms with Crippen LogP contribution in [0.25, 0.3) is 0 Å². The number of hydrogen-bond donors (Lipinski definition) is 2. The summed E-state index contributed by atoms with van der Waals surface area (Å²) >= 11 is 6.62. The van der Waals surface area contributed by atoms with Crippen molar-refractivity contribution in [1.29, 1.82) is 0 Å². The highest BCUT2D eigenvalue weighted by Gasteiger charge is 2.17. The van der Waals surface area contributed by atoms with Crippen LogP contribution in [0.1, 0.15) is 12.8 Å². The van der Waals surface area contributed by atoms with Crippen molar-refractivity contribution in [3.63, 3.8) is 0 Å². The van der Waals surface area contributed by atoms with Gasteiger partial charge >= 0.3 is 0 Å². The average Bonchev–Trinajstić information content (AvgIpc) is 2.76. The molecule has 1 heterocycles. The number of thioether (sulfide) groups is 1. The van der Waals surface area contributed by atoms with Crippen LogP contribution < -0.4 is 0 Å². The van der Waals surface area contributed by atoms with Crippen molar-refractivity contribution < 1.29 is 10.2 Å². The third-order valence-corrected chi connectivity index (χ3v) is 3.99. The Bertz CT molecular complexity index is 403. The van der Waals surface area contributed by atoms with Gasteiger partial charge < -0.3 is 15.1 Å². The zero-order valence-electron chi connectivity index (χ0n) is 8.72. The molecule has 0 atom stereocenters. The van der Waals surface area contributed by atoms with Crippen molar-refractivity contribution >= 4 is 28.3 Å². The molecule has 0 saturated carbocycles. The van der Waals surface area contributed by atoms with Gasteiger partial charge in [-0.25, -0.2) is 0 Å². The van der Waals surface area contributed by atoms with Crippen LogP contribution >= 0.6 is 24.0 Å². The second kappa shape index (κ2) is 4.93. The summed E-state index contributed by atoms with van der Waals surface area (Å²) in [5.74, 6) is 0.300. The van der Waals surface area contributed by atoms with Crippen LogP contribution in [0.5, 0.6) is 11.5 Å². The molecule has 1 fully saturated rings. The van der Waals surface area contributed by atoms with Crippen LogP contribution in [0.15, 0.2) is 23.1 Å². The smallest absolute Gasteiger partial charge is 0.141 e. The zero-order valence-corrected chi connectivity index (χ0v) is 10.4. The Morgan fingerprint density at radius 1 is 1.25 bits per heavy atom. The highest BCUT2D eigenvalue weighted by molar-refractivity contribution is 8.23. The Balaban J connectivity index is 2.07. The standard InChI is InChI=1S/C11H13NO2S2/c13-8-3-4-9(14)10(7-8)16-11(15)12-5-1-2-6-12/h3-4,7,13-14H,1-2,5-6H2. The molecule has 1 aliphatic heterocycles. The zero-order chi connectivity index (χ0) is 11.5. The summed E-state index contributed by atoms with van der Waals surface area (Å²) in [6.07, 6.45) is 2.35. The summed E-state index contributed by atoms with van der Waals surface area (Å²) in [6, 6.07) is 4.46. The first-order valence-corrected chi connectivity index (χ1v) is 6.38. The van der Waals surface area contributed by atoms with Crippen LogP contribution in [-0.2, 0) is 0 Å². The topological polar surface area (TPSA) is 43.7 Å². The molecule has 1 aliphatic rings. The van der Waals surface area contributed by atoms with Crippen molar-refractivity contribution in [1.82, 2.24) is 4.90 Å². The maximum absolute atomic E-state index is 9.62. The Labute approximate surface area is 104 Å². The number of likely N-dealkylation sites (tertiary alicyclic amines) is 1. The van der Waals surface area contributed by atoms with Crippen molar-refractivity contribution in [2.75, 3.05) is 13.1 Å². The van der Waals surface area contributed by atoms with E-state index in [-0.39, 0.29) is 11.5 Å². The van der Waals surface area contributed by atoms with Gasteiger partial charge in [-0.15, -0.1) is 0 Å². The Morgan fingerprint density at radius 2 is 1.94 bits per heavy atom. The predicted octanol–water partition coefficient (Wildman–Crippen LogP) is 2.57. The highest BCUT2D eigenvalue weighted by Crippen LogP contribution is 2.33. The van der Waals surface area contributed by atoms with Gasteiger partial charge in [-0.3, -0.25) is 0 Å². The summed E-state index contributed by atoms with van der Waals surface area (Å²) in [5.41, 5.74) is 0. The lowest BCUT2D eigenvalue weighted by molar-refractivity contribution is 0.449. The van der Waals surface area contributed by atoms with Gasteiger partial charge in [0.15, 0.2) is 0 Å². The minimum Gasteiger partial charge on any atom is -0.508 e. The first kappa shape index (κ1) is 11.5. The third kappa shape index (κ3) is 2.59. The van der Waals surface area contributed by atoms with E-state index in [2.05, 4.69) is 4.90 Å². The second-order valence-electron chi connectivity index (χ2n) is 3.71. The largest absolute Gasteiger partial charge is 0.508 e. The first-order valence-electron chi connectivity index (χ1n) is 5.15. The lowest BCUT2D eigenvalue weighted by Gasteiger charge is -2.17. The number of hydrogen-bond acceptors (Lipinski definition) is 4. The van der Waals surface area contributed by atoms with E-state index in [9.17, 15) is 10.2 Å². The number of thiocarbonyl (C=S) groups is 1. The molecule has 0 bridgehead atoms. The quantitative estimate of drug-likeness (QED) is 0.459. The van der Waals surface area contributed by atoms with Crippen LogP contribution in [0.4, 0.5) is 0 Å². The average molecular weight is 255 g/mol. The number of phenolic OH excluding ortho intramolecular Hbond substituents is 2. The fourth-order valence-electron chi connectivity index (χ4n) is 1.64. The van der Waals surface area contributed by atoms with Gasteiger partial charge in [0.1, 0.15) is 15.8 Å². The Hall–Kier alpha value is -0.940. The van der Waals surface area contributed by atoms with E-state index < -0.39 is 0 Å². The van der Waals surface area contributed by atoms with Gasteiger partial charge in [0.05, 0.1) is 4.90 Å². The van der Waals surface area contributed by atoms with E-state index in [0.29, 0.717) is 4.90 Å². The summed E-state index contributed by atoms with van der Waals surface area (Å²) in [7, 11) is 0. The predicted molar refractivity (Wildman–Crippen MR) is 69.0 cm³/mol. The molecule has 16 heavy (non-hydrogen) atoms. The summed E-state index contributed by atoms with van der Waals surface area (Å²) in [4.78, 5) is 2.74. The summed E-state index contributed by atoms with van der Waals surface area (Å²) in [6.45, 7) is 1.98. The van der Waals surface area contributed by atoms with E-state index >= 15 is 0 Å². The van der Waals surface area contributed by atoms with E-state index in [0.717, 1.165) is 17.4 Å². The van der Waals surface area contributed by atoms with Crippen LogP contribution in [0.2, 0.25) is 0 Å². The molecule has 1 saturated heterocycles. The molecule has 0 radical (unpaired) electrons. The maximum atomic E-state index is 9.62. The third-order valence-electron chi connectivity index (χ3n) is 2.50. The molecule has 1 aromatic rings. The van der Waals surface area contributed by atoms with Gasteiger partial charge in [-0.2, -0.15) is 0 Å². The Kier molecular flexibility index (Phi) is 3.56. The molecule has 0 spiro atoms. The second-order valence-corrected chi connectivity index (χ2v) is 5.39. The van der Waals surface area contributed by atoms with E-state index in [1.807, 2.05) is 0 Å². The van der Waals surface area contributed by atoms with Gasteiger partial charge in [-0.1, -0.05) is 24.0 Å². The van der Waals surface area contributed by atoms with Gasteiger partial charge in [0.25, 0.3) is 0 Å². The number of aromatic hydroxyl groups is 2. The van der Waals surface area contributed by atoms with E-state index in [1.54, 1.807) is 0 Å². The minimum absolute atomic E-state index is 0.143. The molecule has 5 heteroatoms. The number of benzene rings is 1. The molecule has 0 unspecified atom stereocenters. The first-order chi connectivity index (χ1) is 7.66. The minimum atomic E-state index is 0.143. The molecule has 2 rings (SSSR count). The fraction of sp³-hybridized carbons (Fsp3) is 0.364. The molecule has 0 aliphatic carbocycles. The molecule has 3 nitrogen and oxygen atoms in total. The van der Waals surface area contributed by atoms with Gasteiger partial charge in [-0.05, 0) is 31.0 Å². The maximum Gasteiger partial charge on any atom is 0.141 e. The fourth-order valence-corrected chi connectivity index (χ4v) is 2.95. The van der Waals surface area contributed by atoms with Crippen LogP contribution in [0.3, 0.4) is 0 Å². The van der Waals surface area contributed by atoms with E-state index in [4.69, 9.17) is 12.2 Å². The number of phenols is 2. The normalized spacial score (nSPS) is 15.4. The number of nitrogens with zero attached hydrogens (tertiary/aromatic N) is 1. The molecule has 1 aromatic carbocycles. The molecule has 0 aromatic heterocycles. The molecular formula is C11H13NO2S2. The monoisotopic (exact) mass is 255 g/mol. The lowest BCUT2D eigenvalue weighted by atomic mass is 10.3. The van der Waals surface area contributed by atoms with Crippen molar-refractivity contribution in [2.24, 2.45) is 0 Å². The SMILES string of the molecule is Oc1ccc(O)c(SC(=S)N2CCCC2)c1. The van der Waals surface area contributed by atoms with Gasteiger partial charge in [0, 0.05) is 13.1 Å². The van der Waals surface area contributed by atoms with Crippen molar-refractivity contribution in [3.8, 4) is 11.5 Å². The Morgan fingerprint density at radius 3 is 2.62 bits per heavy atom. The molecule has 2 N–H and O–H groups in total. The number of rotatable bonds is 1. The summed E-state index contributed by atoms with van der Waals surface area (Å²) < 4.78 is 0.762. The van der Waals surface area contributed by atoms with Crippen LogP contribution in [0, 0.1) is 0 Å². The lowest BCUT2D eigenvalue weighted by Crippen LogP contribution is -2.22. The van der Waals surface area contributed by atoms with Crippen LogP contribution in [-0.4, -0.2) is 32.5 Å². The summed E-state index contributed by atoms with van der Waals surface area (Å²) in [5, 5.41) is 19.0. The van der Waals surface area contributed by atoms with Crippen molar-refractivity contribution in [2.45, 2.75) is 17.7 Å². The molecule has 86 valence electrons. The van der Waals surface area contributed by atoms with Gasteiger partial charge in [0.2, 0.25) is 0 Å². The highest BCUT2D eigenvalue weighted by atomic mass is 32.2.